The number of halogens is 2. The zero-order valence-corrected chi connectivity index (χ0v) is 15.2. The highest BCUT2D eigenvalue weighted by atomic mass is 35.5. The summed E-state index contributed by atoms with van der Waals surface area (Å²) in [6.45, 7) is 1.78. The molecule has 23 heavy (non-hydrogen) atoms. The lowest BCUT2D eigenvalue weighted by atomic mass is 9.95. The largest absolute Gasteiger partial charge is 0.508 e. The smallest absolute Gasteiger partial charge is 0.116 e. The van der Waals surface area contributed by atoms with Crippen LogP contribution in [0.25, 0.3) is 0 Å². The third kappa shape index (κ3) is 6.24. The molecule has 0 aliphatic rings. The van der Waals surface area contributed by atoms with E-state index in [2.05, 4.69) is 0 Å². The minimum Gasteiger partial charge on any atom is -0.508 e. The highest BCUT2D eigenvalue weighted by molar-refractivity contribution is 7.99. The monoisotopic (exact) mass is 373 g/mol. The van der Waals surface area contributed by atoms with E-state index in [1.165, 1.54) is 0 Å². The minimum absolute atomic E-state index is 0. The maximum atomic E-state index is 9.49. The highest BCUT2D eigenvalue weighted by Crippen LogP contribution is 2.32. The Morgan fingerprint density at radius 3 is 2.48 bits per heavy atom. The van der Waals surface area contributed by atoms with Crippen LogP contribution in [0.3, 0.4) is 0 Å². The molecule has 0 unspecified atom stereocenters. The molecule has 4 N–H and O–H groups in total. The number of benzene rings is 2. The Morgan fingerprint density at radius 1 is 1.17 bits per heavy atom. The summed E-state index contributed by atoms with van der Waals surface area (Å²) in [5.41, 5.74) is 6.37. The van der Waals surface area contributed by atoms with Crippen molar-refractivity contribution in [3.05, 3.63) is 53.1 Å². The van der Waals surface area contributed by atoms with E-state index in [1.54, 1.807) is 23.9 Å². The summed E-state index contributed by atoms with van der Waals surface area (Å²) in [5.74, 6) is 0.249. The maximum absolute atomic E-state index is 9.49. The van der Waals surface area contributed by atoms with Crippen LogP contribution in [0.5, 0.6) is 5.75 Å². The number of hydrogen-bond acceptors (Lipinski definition) is 4. The lowest BCUT2D eigenvalue weighted by molar-refractivity contribution is 0.200. The fourth-order valence-electron chi connectivity index (χ4n) is 1.98. The quantitative estimate of drug-likeness (QED) is 0.707. The van der Waals surface area contributed by atoms with Crippen LogP contribution in [0.2, 0.25) is 5.02 Å². The Morgan fingerprint density at radius 2 is 1.87 bits per heavy atom. The van der Waals surface area contributed by atoms with Crippen molar-refractivity contribution in [2.75, 3.05) is 6.61 Å². The van der Waals surface area contributed by atoms with Crippen molar-refractivity contribution < 1.29 is 10.2 Å². The van der Waals surface area contributed by atoms with Gasteiger partial charge in [0.1, 0.15) is 5.75 Å². The summed E-state index contributed by atoms with van der Waals surface area (Å²) in [5, 5.41) is 19.4. The zero-order chi connectivity index (χ0) is 16.2. The van der Waals surface area contributed by atoms with Gasteiger partial charge in [0.2, 0.25) is 0 Å². The van der Waals surface area contributed by atoms with Gasteiger partial charge in [-0.15, -0.1) is 12.4 Å². The van der Waals surface area contributed by atoms with Crippen molar-refractivity contribution in [3.63, 3.8) is 0 Å². The molecule has 0 aliphatic carbocycles. The summed E-state index contributed by atoms with van der Waals surface area (Å²) in [6.07, 6.45) is 1.39. The second-order valence-corrected chi connectivity index (χ2v) is 7.22. The number of aryl methyl sites for hydroxylation is 1. The van der Waals surface area contributed by atoms with E-state index in [1.807, 2.05) is 37.3 Å². The molecule has 2 aromatic carbocycles. The topological polar surface area (TPSA) is 66.5 Å². The van der Waals surface area contributed by atoms with Gasteiger partial charge in [-0.1, -0.05) is 35.5 Å². The van der Waals surface area contributed by atoms with Gasteiger partial charge in [-0.05, 0) is 55.7 Å². The van der Waals surface area contributed by atoms with Crippen molar-refractivity contribution in [1.29, 1.82) is 0 Å². The molecule has 2 rings (SSSR count). The van der Waals surface area contributed by atoms with Crippen LogP contribution in [0.15, 0.2) is 52.3 Å². The number of aromatic hydroxyl groups is 1. The first kappa shape index (κ1) is 20.1. The maximum Gasteiger partial charge on any atom is 0.116 e. The first-order valence-electron chi connectivity index (χ1n) is 7.05. The second-order valence-electron chi connectivity index (χ2n) is 5.66. The second kappa shape index (κ2) is 8.81. The third-order valence-corrected chi connectivity index (χ3v) is 4.74. The van der Waals surface area contributed by atoms with Crippen molar-refractivity contribution in [2.45, 2.75) is 35.1 Å². The molecule has 126 valence electrons. The fraction of sp³-hybridized carbons (Fsp3) is 0.294. The number of hydrogen-bond donors (Lipinski definition) is 3. The predicted molar refractivity (Wildman–Crippen MR) is 98.9 cm³/mol. The molecule has 0 saturated carbocycles. The summed E-state index contributed by atoms with van der Waals surface area (Å²) in [7, 11) is 0. The average molecular weight is 374 g/mol. The van der Waals surface area contributed by atoms with Gasteiger partial charge in [-0.2, -0.15) is 0 Å². The van der Waals surface area contributed by atoms with E-state index in [4.69, 9.17) is 17.3 Å². The number of aliphatic hydroxyl groups is 1. The summed E-state index contributed by atoms with van der Waals surface area (Å²) >= 11 is 7.88. The van der Waals surface area contributed by atoms with E-state index in [9.17, 15) is 10.2 Å². The number of phenols is 1. The normalized spacial score (nSPS) is 13.2. The Bertz CT molecular complexity index is 650. The molecule has 2 aromatic rings. The molecule has 0 aromatic heterocycles. The molecule has 0 heterocycles. The van der Waals surface area contributed by atoms with Crippen molar-refractivity contribution in [1.82, 2.24) is 0 Å². The lowest BCUT2D eigenvalue weighted by Crippen LogP contribution is -2.40. The van der Waals surface area contributed by atoms with Gasteiger partial charge in [0.05, 0.1) is 6.61 Å². The first-order valence-corrected chi connectivity index (χ1v) is 8.24. The Labute approximate surface area is 152 Å². The predicted octanol–water partition coefficient (Wildman–Crippen LogP) is 4.26. The van der Waals surface area contributed by atoms with Crippen LogP contribution < -0.4 is 5.73 Å². The van der Waals surface area contributed by atoms with Crippen LogP contribution in [0.4, 0.5) is 0 Å². The molecule has 0 amide bonds. The molecule has 0 aliphatic heterocycles. The molecule has 0 radical (unpaired) electrons. The number of rotatable bonds is 6. The molecule has 0 bridgehead atoms. The number of aliphatic hydroxyl groups excluding tert-OH is 1. The van der Waals surface area contributed by atoms with Gasteiger partial charge in [-0.25, -0.2) is 0 Å². The highest BCUT2D eigenvalue weighted by Gasteiger charge is 2.17. The van der Waals surface area contributed by atoms with Crippen LogP contribution in [0, 0.1) is 0 Å². The van der Waals surface area contributed by atoms with Gasteiger partial charge in [0.25, 0.3) is 0 Å². The van der Waals surface area contributed by atoms with Crippen LogP contribution in [-0.4, -0.2) is 22.4 Å². The molecular formula is C17H21Cl2NO2S. The standard InChI is InChI=1S/C17H20ClNO2S.ClH/c1-17(19,11-20)8-7-12-5-6-15(10-16(12)18)22-14-4-2-3-13(21)9-14;/h2-6,9-10,20-21H,7-8,11,19H2,1H3;1H/t17-;/m1./s1. The van der Waals surface area contributed by atoms with Crippen molar-refractivity contribution >= 4 is 35.8 Å². The van der Waals surface area contributed by atoms with Crippen molar-refractivity contribution in [3.8, 4) is 5.75 Å². The molecule has 3 nitrogen and oxygen atoms in total. The summed E-state index contributed by atoms with van der Waals surface area (Å²) in [6, 6.07) is 13.0. The van der Waals surface area contributed by atoms with Gasteiger partial charge < -0.3 is 15.9 Å². The first-order chi connectivity index (χ1) is 10.4. The average Bonchev–Trinajstić information content (AvgIpc) is 2.46. The van der Waals surface area contributed by atoms with E-state index >= 15 is 0 Å². The molecule has 0 saturated heterocycles. The minimum atomic E-state index is -0.585. The van der Waals surface area contributed by atoms with E-state index in [0.29, 0.717) is 11.4 Å². The third-order valence-electron chi connectivity index (χ3n) is 3.40. The zero-order valence-electron chi connectivity index (χ0n) is 12.8. The van der Waals surface area contributed by atoms with Crippen LogP contribution in [-0.2, 0) is 6.42 Å². The fourth-order valence-corrected chi connectivity index (χ4v) is 3.23. The van der Waals surface area contributed by atoms with Crippen LogP contribution >= 0.6 is 35.8 Å². The SMILES string of the molecule is C[C@](N)(CO)CCc1ccc(Sc2cccc(O)c2)cc1Cl.Cl. The van der Waals surface area contributed by atoms with E-state index in [-0.39, 0.29) is 24.8 Å². The Balaban J connectivity index is 0.00000264. The molecule has 6 heteroatoms. The number of nitrogens with two attached hydrogens (primary N) is 1. The van der Waals surface area contributed by atoms with Crippen molar-refractivity contribution in [2.24, 2.45) is 5.73 Å². The van der Waals surface area contributed by atoms with Gasteiger partial charge in [0, 0.05) is 20.4 Å². The van der Waals surface area contributed by atoms with Crippen LogP contribution in [0.1, 0.15) is 18.9 Å². The lowest BCUT2D eigenvalue weighted by Gasteiger charge is -2.21. The molecule has 0 fully saturated rings. The number of phenolic OH excluding ortho intramolecular Hbond substituents is 1. The Hall–Kier alpha value is -0.910. The summed E-state index contributed by atoms with van der Waals surface area (Å²) < 4.78 is 0. The summed E-state index contributed by atoms with van der Waals surface area (Å²) in [4.78, 5) is 1.97. The Kier molecular flexibility index (Phi) is 7.71. The van der Waals surface area contributed by atoms with Gasteiger partial charge in [-0.3, -0.25) is 0 Å². The van der Waals surface area contributed by atoms with Gasteiger partial charge >= 0.3 is 0 Å². The van der Waals surface area contributed by atoms with Gasteiger partial charge in [0.15, 0.2) is 0 Å². The molecule has 1 atom stereocenters. The molecular weight excluding hydrogens is 353 g/mol. The molecule has 0 spiro atoms. The van der Waals surface area contributed by atoms with E-state index < -0.39 is 5.54 Å². The van der Waals surface area contributed by atoms with E-state index in [0.717, 1.165) is 21.8 Å².